The summed E-state index contributed by atoms with van der Waals surface area (Å²) in [6.45, 7) is 7.33. The molecule has 29 heavy (non-hydrogen) atoms. The molecule has 0 bridgehead atoms. The van der Waals surface area contributed by atoms with Gasteiger partial charge < -0.3 is 15.1 Å². The molecule has 3 heterocycles. The van der Waals surface area contributed by atoms with E-state index in [4.69, 9.17) is 0 Å². The molecular weight excluding hydrogens is 362 g/mol. The van der Waals surface area contributed by atoms with Gasteiger partial charge in [0, 0.05) is 50.0 Å². The molecule has 2 aromatic heterocycles. The number of fused-ring (bicyclic) bond motifs is 1. The minimum absolute atomic E-state index is 0.0437. The number of benzene rings is 1. The van der Waals surface area contributed by atoms with Crippen LogP contribution in [0.2, 0.25) is 0 Å². The summed E-state index contributed by atoms with van der Waals surface area (Å²) in [5.41, 5.74) is 2.04. The third kappa shape index (κ3) is 3.92. The number of aromatic nitrogens is 2. The van der Waals surface area contributed by atoms with Gasteiger partial charge in [0.15, 0.2) is 5.82 Å². The Bertz CT molecular complexity index is 970. The molecule has 0 spiro atoms. The molecule has 0 unspecified atom stereocenters. The number of nitrogens with zero attached hydrogens (tertiary/aromatic N) is 4. The number of carbonyl (C=O) groups is 1. The normalized spacial score (nSPS) is 14.6. The van der Waals surface area contributed by atoms with Gasteiger partial charge in [0.1, 0.15) is 0 Å². The smallest absolute Gasteiger partial charge is 0.328 e. The second-order valence-corrected chi connectivity index (χ2v) is 7.53. The second kappa shape index (κ2) is 8.55. The van der Waals surface area contributed by atoms with Crippen molar-refractivity contribution in [2.24, 2.45) is 0 Å². The molecule has 6 nitrogen and oxygen atoms in total. The van der Waals surface area contributed by atoms with Crippen LogP contribution in [0, 0.1) is 0 Å². The monoisotopic (exact) mass is 391 g/mol. The first-order valence-electron chi connectivity index (χ1n) is 10.5. The molecular formula is C23H29N5O. The van der Waals surface area contributed by atoms with Gasteiger partial charge in [0.25, 0.3) is 0 Å². The third-order valence-corrected chi connectivity index (χ3v) is 5.79. The average molecular weight is 392 g/mol. The van der Waals surface area contributed by atoms with E-state index in [-0.39, 0.29) is 6.03 Å². The SMILES string of the molecule is CCC(CC)Nc1cccnc1N1CCN(C(=O)n2ccc3ccccc32)CC1. The summed E-state index contributed by atoms with van der Waals surface area (Å²) in [5.74, 6) is 0.984. The lowest BCUT2D eigenvalue weighted by Crippen LogP contribution is -2.50. The van der Waals surface area contributed by atoms with Crippen molar-refractivity contribution in [3.8, 4) is 0 Å². The molecule has 3 aromatic rings. The van der Waals surface area contributed by atoms with Crippen LogP contribution >= 0.6 is 0 Å². The van der Waals surface area contributed by atoms with E-state index in [1.807, 2.05) is 53.7 Å². The molecule has 1 aliphatic heterocycles. The molecule has 0 aliphatic carbocycles. The first kappa shape index (κ1) is 19.3. The Balaban J connectivity index is 1.45. The number of anilines is 2. The summed E-state index contributed by atoms with van der Waals surface area (Å²) < 4.78 is 1.76. The number of hydrogen-bond donors (Lipinski definition) is 1. The van der Waals surface area contributed by atoms with Gasteiger partial charge in [-0.05, 0) is 37.1 Å². The number of nitrogens with one attached hydrogen (secondary N) is 1. The lowest BCUT2D eigenvalue weighted by molar-refractivity contribution is 0.197. The fourth-order valence-corrected chi connectivity index (χ4v) is 3.99. The molecule has 4 rings (SSSR count). The highest BCUT2D eigenvalue weighted by atomic mass is 16.2. The largest absolute Gasteiger partial charge is 0.379 e. The van der Waals surface area contributed by atoms with Crippen molar-refractivity contribution in [1.82, 2.24) is 14.5 Å². The first-order chi connectivity index (χ1) is 14.2. The number of rotatable bonds is 5. The minimum Gasteiger partial charge on any atom is -0.379 e. The van der Waals surface area contributed by atoms with Crippen LogP contribution in [0.3, 0.4) is 0 Å². The van der Waals surface area contributed by atoms with E-state index in [1.165, 1.54) is 0 Å². The summed E-state index contributed by atoms with van der Waals surface area (Å²) in [6, 6.07) is 14.6. The number of amides is 1. The zero-order valence-corrected chi connectivity index (χ0v) is 17.2. The molecule has 1 aliphatic rings. The lowest BCUT2D eigenvalue weighted by atomic mass is 10.1. The maximum atomic E-state index is 13.1. The van der Waals surface area contributed by atoms with Crippen molar-refractivity contribution in [2.75, 3.05) is 36.4 Å². The number of para-hydroxylation sites is 1. The Morgan fingerprint density at radius 2 is 1.79 bits per heavy atom. The van der Waals surface area contributed by atoms with Gasteiger partial charge in [-0.1, -0.05) is 32.0 Å². The van der Waals surface area contributed by atoms with Crippen LogP contribution < -0.4 is 10.2 Å². The highest BCUT2D eigenvalue weighted by molar-refractivity contribution is 5.91. The fraction of sp³-hybridized carbons (Fsp3) is 0.391. The highest BCUT2D eigenvalue weighted by Gasteiger charge is 2.25. The summed E-state index contributed by atoms with van der Waals surface area (Å²) >= 11 is 0. The highest BCUT2D eigenvalue weighted by Crippen LogP contribution is 2.26. The van der Waals surface area contributed by atoms with Crippen LogP contribution in [0.5, 0.6) is 0 Å². The number of pyridine rings is 1. The van der Waals surface area contributed by atoms with Crippen LogP contribution in [-0.4, -0.2) is 52.7 Å². The summed E-state index contributed by atoms with van der Waals surface area (Å²) in [4.78, 5) is 21.9. The van der Waals surface area contributed by atoms with Gasteiger partial charge in [-0.3, -0.25) is 4.57 Å². The van der Waals surface area contributed by atoms with Crippen LogP contribution in [-0.2, 0) is 0 Å². The zero-order chi connectivity index (χ0) is 20.2. The van der Waals surface area contributed by atoms with Gasteiger partial charge in [0.05, 0.1) is 11.2 Å². The second-order valence-electron chi connectivity index (χ2n) is 7.53. The van der Waals surface area contributed by atoms with E-state index in [9.17, 15) is 4.79 Å². The van der Waals surface area contributed by atoms with E-state index in [0.717, 1.165) is 48.3 Å². The van der Waals surface area contributed by atoms with Crippen molar-refractivity contribution in [3.63, 3.8) is 0 Å². The molecule has 0 saturated carbocycles. The molecule has 0 radical (unpaired) electrons. The van der Waals surface area contributed by atoms with Crippen LogP contribution in [0.1, 0.15) is 26.7 Å². The lowest BCUT2D eigenvalue weighted by Gasteiger charge is -2.36. The Morgan fingerprint density at radius 1 is 1.03 bits per heavy atom. The van der Waals surface area contributed by atoms with Gasteiger partial charge in [0.2, 0.25) is 0 Å². The van der Waals surface area contributed by atoms with E-state index >= 15 is 0 Å². The molecule has 0 atom stereocenters. The van der Waals surface area contributed by atoms with Crippen LogP contribution in [0.15, 0.2) is 54.9 Å². The third-order valence-electron chi connectivity index (χ3n) is 5.79. The van der Waals surface area contributed by atoms with Gasteiger partial charge >= 0.3 is 6.03 Å². The maximum Gasteiger partial charge on any atom is 0.328 e. The maximum absolute atomic E-state index is 13.1. The van der Waals surface area contributed by atoms with E-state index < -0.39 is 0 Å². The topological polar surface area (TPSA) is 53.4 Å². The van der Waals surface area contributed by atoms with Gasteiger partial charge in [-0.2, -0.15) is 0 Å². The van der Waals surface area contributed by atoms with Crippen LogP contribution in [0.4, 0.5) is 16.3 Å². The van der Waals surface area contributed by atoms with E-state index in [1.54, 1.807) is 4.57 Å². The van der Waals surface area contributed by atoms with Crippen molar-refractivity contribution in [1.29, 1.82) is 0 Å². The molecule has 1 fully saturated rings. The van der Waals surface area contributed by atoms with Crippen molar-refractivity contribution < 1.29 is 4.79 Å². The van der Waals surface area contributed by atoms with E-state index in [0.29, 0.717) is 19.1 Å². The Labute approximate surface area is 172 Å². The van der Waals surface area contributed by atoms with Crippen LogP contribution in [0.25, 0.3) is 10.9 Å². The quantitative estimate of drug-likeness (QED) is 0.699. The number of hydrogen-bond acceptors (Lipinski definition) is 4. The van der Waals surface area contributed by atoms with Gasteiger partial charge in [-0.25, -0.2) is 9.78 Å². The standard InChI is InChI=1S/C23H29N5O/c1-3-19(4-2)25-20-9-7-12-24-22(20)26-14-16-27(17-15-26)23(29)28-13-11-18-8-5-6-10-21(18)28/h5-13,19,25H,3-4,14-17H2,1-2H3. The van der Waals surface area contributed by atoms with E-state index in [2.05, 4.69) is 35.1 Å². The Morgan fingerprint density at radius 3 is 2.55 bits per heavy atom. The van der Waals surface area contributed by atoms with Crippen molar-refractivity contribution in [3.05, 3.63) is 54.9 Å². The summed E-state index contributed by atoms with van der Waals surface area (Å²) in [7, 11) is 0. The summed E-state index contributed by atoms with van der Waals surface area (Å²) in [5, 5.41) is 4.72. The van der Waals surface area contributed by atoms with Crippen molar-refractivity contribution in [2.45, 2.75) is 32.7 Å². The predicted octanol–water partition coefficient (Wildman–Crippen LogP) is 4.43. The Kier molecular flexibility index (Phi) is 5.69. The zero-order valence-electron chi connectivity index (χ0n) is 17.2. The molecule has 1 aromatic carbocycles. The number of carbonyl (C=O) groups excluding carboxylic acids is 1. The predicted molar refractivity (Wildman–Crippen MR) is 119 cm³/mol. The average Bonchev–Trinajstić information content (AvgIpc) is 3.21. The molecule has 6 heteroatoms. The molecule has 1 saturated heterocycles. The number of piperazine rings is 1. The molecule has 152 valence electrons. The first-order valence-corrected chi connectivity index (χ1v) is 10.5. The van der Waals surface area contributed by atoms with Crippen molar-refractivity contribution >= 4 is 28.4 Å². The summed E-state index contributed by atoms with van der Waals surface area (Å²) in [6.07, 6.45) is 5.88. The fourth-order valence-electron chi connectivity index (χ4n) is 3.99. The minimum atomic E-state index is 0.0437. The molecule has 1 amide bonds. The Hall–Kier alpha value is -3.02. The molecule has 1 N–H and O–H groups in total. The van der Waals surface area contributed by atoms with Gasteiger partial charge in [-0.15, -0.1) is 0 Å².